The molecule has 25 heteroatoms. The van der Waals surface area contributed by atoms with Crippen molar-refractivity contribution in [2.45, 2.75) is 123 Å². The molecule has 10 aromatic heterocycles. The molecule has 20 nitrogen and oxygen atoms in total. The molecule has 0 saturated heterocycles. The quantitative estimate of drug-likeness (QED) is 0.0871. The van der Waals surface area contributed by atoms with Gasteiger partial charge in [-0.3, -0.25) is 24.9 Å². The summed E-state index contributed by atoms with van der Waals surface area (Å²) in [6, 6.07) is 94.8. The fourth-order valence-electron chi connectivity index (χ4n) is 18.4. The van der Waals surface area contributed by atoms with Crippen LogP contribution in [0.1, 0.15) is 119 Å². The van der Waals surface area contributed by atoms with Crippen LogP contribution in [-0.4, -0.2) is 72.7 Å². The maximum atomic E-state index is 5.95. The third-order valence-electron chi connectivity index (χ3n) is 24.0. The van der Waals surface area contributed by atoms with Gasteiger partial charge in [0, 0.05) is 259 Å². The van der Waals surface area contributed by atoms with E-state index >= 15 is 0 Å². The largest absolute Gasteiger partial charge is 0.488 e. The first-order chi connectivity index (χ1) is 66.1. The third kappa shape index (κ3) is 21.1. The number of hydrogen-bond donors (Lipinski definition) is 0. The SMILES string of the molecule is Cc1cc(C)c(-n2ccnc2-c2[c-]ccc3nc(C)oc23)c(C)c1.Cc1nc2cc[c-]c(-c3nccn3-c3c(-c4ccccc4)cccc3-c3ccccc3)c2o1.Cc1nc2cc[c-]c(-c3nccn3-c3c(C(C)C)cccc3C(C)C)c2o1.Cc1nc2cc[c-]c(-c3nccn3-c3c(C)cc(-c4ccccc4)cc3C)c2o1.Cc1nc2cc[c-]c(-c3nccn3-c3c(C)cccc3C)c2o1.[Ir].[Ir].[Ir].[Ir].[Ir]. The molecule has 0 unspecified atom stereocenters. The standard InChI is InChI=1S/C29H20N3O.C25H20N3O.C23H24N3O.C20H18N3O.C19H16N3O.5Ir/c1-20-31-26-17-9-16-25(28(26)33-20)29-30-18-19-32(29)27-23(21-10-4-2-5-11-21)14-8-15-24(27)22-12-6-3-7-13-22;1-16-14-20(19-8-5-4-6-9-19)15-17(2)23(16)28-13-12-26-25(28)21-10-7-11-22-24(21)29-18(3)27-22;1-14(2)17-8-6-9-18(15(3)4)21(17)26-13-12-24-23(26)19-10-7-11-20-22(19)27-16(5)25-20;1-12-10-13(2)18(14(3)11-12)23-9-8-21-20(23)16-6-5-7-17-19(16)24-15(4)22-17;1-12-6-4-7-13(2)17(12)22-11-10-20-19(22)15-8-5-9-16-18(15)23-14(3)21-16;;;;;/h2-15,17-19H,1H3;4-9,11-15H,1-3H3;6-9,11-15H,1-5H3;5,7-11H,1-4H3;4-7,9-11H,1-3H3;;;;;/q5*-1;;;;;. The zero-order chi connectivity index (χ0) is 94.1. The molecule has 0 aliphatic rings. The first kappa shape index (κ1) is 103. The predicted molar refractivity (Wildman–Crippen MR) is 538 cm³/mol. The van der Waals surface area contributed by atoms with Crippen molar-refractivity contribution in [3.05, 3.63) is 402 Å². The molecular weight excluding hydrogens is 2640 g/mol. The summed E-state index contributed by atoms with van der Waals surface area (Å²) in [7, 11) is 0. The maximum absolute atomic E-state index is 5.95. The van der Waals surface area contributed by atoms with Gasteiger partial charge < -0.3 is 44.9 Å². The molecule has 0 amide bonds. The van der Waals surface area contributed by atoms with Crippen molar-refractivity contribution in [3.63, 3.8) is 0 Å². The topological polar surface area (TPSA) is 219 Å². The van der Waals surface area contributed by atoms with Crippen molar-refractivity contribution in [3.8, 4) is 119 Å². The Labute approximate surface area is 886 Å². The Morgan fingerprint density at radius 2 is 0.489 bits per heavy atom. The van der Waals surface area contributed by atoms with Crippen molar-refractivity contribution in [1.29, 1.82) is 0 Å². The Balaban J connectivity index is 0.000000140. The summed E-state index contributed by atoms with van der Waals surface area (Å²) in [5.74, 6) is 8.01. The van der Waals surface area contributed by atoms with Gasteiger partial charge in [0.05, 0.1) is 62.7 Å². The van der Waals surface area contributed by atoms with Crippen LogP contribution in [-0.2, 0) is 101 Å². The number of rotatable bonds is 15. The Bertz CT molecular complexity index is 8170. The van der Waals surface area contributed by atoms with Crippen LogP contribution in [0.15, 0.2) is 315 Å². The molecule has 0 bridgehead atoms. The zero-order valence-electron chi connectivity index (χ0n) is 80.3. The minimum atomic E-state index is 0. The van der Waals surface area contributed by atoms with Gasteiger partial charge in [-0.1, -0.05) is 219 Å². The number of aryl methyl sites for hydroxylation is 12. The van der Waals surface area contributed by atoms with E-state index in [9.17, 15) is 0 Å². The molecule has 0 saturated carbocycles. The van der Waals surface area contributed by atoms with Crippen LogP contribution in [0.2, 0.25) is 0 Å². The molecule has 0 spiro atoms. The minimum absolute atomic E-state index is 0. The molecule has 0 N–H and O–H groups in total. The van der Waals surface area contributed by atoms with Crippen LogP contribution in [0.5, 0.6) is 0 Å². The van der Waals surface area contributed by atoms with Gasteiger partial charge in [0.2, 0.25) is 0 Å². The molecule has 5 radical (unpaired) electrons. The van der Waals surface area contributed by atoms with E-state index < -0.39 is 0 Å². The fraction of sp³-hybridized carbons (Fsp3) is 0.155. The van der Waals surface area contributed by atoms with Gasteiger partial charge in [0.25, 0.3) is 0 Å². The summed E-state index contributed by atoms with van der Waals surface area (Å²) in [4.78, 5) is 45.3. The van der Waals surface area contributed by atoms with Crippen LogP contribution in [0.4, 0.5) is 0 Å². The van der Waals surface area contributed by atoms with Gasteiger partial charge in [-0.25, -0.2) is 24.9 Å². The molecule has 0 aliphatic carbocycles. The second kappa shape index (κ2) is 45.0. The van der Waals surface area contributed by atoms with Gasteiger partial charge >= 0.3 is 0 Å². The molecule has 141 heavy (non-hydrogen) atoms. The van der Waals surface area contributed by atoms with Crippen molar-refractivity contribution in [2.24, 2.45) is 0 Å². The summed E-state index contributed by atoms with van der Waals surface area (Å²) < 4.78 is 39.9. The first-order valence-corrected chi connectivity index (χ1v) is 45.3. The second-order valence-corrected chi connectivity index (χ2v) is 34.4. The van der Waals surface area contributed by atoms with Crippen molar-refractivity contribution >= 4 is 55.5 Å². The molecule has 10 heterocycles. The van der Waals surface area contributed by atoms with Crippen LogP contribution in [0.3, 0.4) is 0 Å². The summed E-state index contributed by atoms with van der Waals surface area (Å²) in [5.41, 5.74) is 35.5. The normalized spacial score (nSPS) is 11.0. The van der Waals surface area contributed by atoms with E-state index in [-0.39, 0.29) is 101 Å². The van der Waals surface area contributed by atoms with E-state index in [1.165, 1.54) is 66.9 Å². The molecular formula is C116H98Ir5N15O5-5. The molecule has 13 aromatic carbocycles. The van der Waals surface area contributed by atoms with Crippen LogP contribution >= 0.6 is 0 Å². The van der Waals surface area contributed by atoms with E-state index in [2.05, 4.69) is 326 Å². The molecule has 0 aliphatic heterocycles. The van der Waals surface area contributed by atoms with Crippen LogP contribution in [0, 0.1) is 113 Å². The number of benzene rings is 13. The first-order valence-electron chi connectivity index (χ1n) is 45.3. The Kier molecular flexibility index (Phi) is 33.0. The van der Waals surface area contributed by atoms with E-state index in [1.807, 2.05) is 169 Å². The molecule has 0 atom stereocenters. The van der Waals surface area contributed by atoms with Gasteiger partial charge in [-0.05, 0) is 139 Å². The number of hydrogen-bond acceptors (Lipinski definition) is 15. The van der Waals surface area contributed by atoms with Crippen LogP contribution < -0.4 is 0 Å². The van der Waals surface area contributed by atoms with Gasteiger partial charge in [-0.2, -0.15) is 0 Å². The smallest absolute Gasteiger partial charge is 0.180 e. The zero-order valence-corrected chi connectivity index (χ0v) is 92.3. The van der Waals surface area contributed by atoms with Gasteiger partial charge in [-0.15, -0.1) is 91.0 Å². The summed E-state index contributed by atoms with van der Waals surface area (Å²) in [6.45, 7) is 33.0. The van der Waals surface area contributed by atoms with E-state index in [0.29, 0.717) is 52.5 Å². The number of para-hydroxylation sites is 3. The number of oxazole rings is 5. The average Bonchev–Trinajstić information content (AvgIpc) is 1.69. The molecule has 23 aromatic rings. The minimum Gasteiger partial charge on any atom is -0.488 e. The summed E-state index contributed by atoms with van der Waals surface area (Å²) in [5, 5.41) is 0. The van der Waals surface area contributed by atoms with E-state index in [1.54, 1.807) is 6.20 Å². The van der Waals surface area contributed by atoms with E-state index in [4.69, 9.17) is 27.1 Å². The average molecular weight is 2740 g/mol. The van der Waals surface area contributed by atoms with Crippen molar-refractivity contribution in [1.82, 2.24) is 72.7 Å². The molecule has 717 valence electrons. The summed E-state index contributed by atoms with van der Waals surface area (Å²) in [6.07, 6.45) is 19.1. The number of fused-ring (bicyclic) bond motifs is 5. The van der Waals surface area contributed by atoms with Crippen molar-refractivity contribution in [2.75, 3.05) is 0 Å². The third-order valence-corrected chi connectivity index (χ3v) is 24.0. The number of imidazole rings is 5. The molecule has 23 rings (SSSR count). The maximum Gasteiger partial charge on any atom is 0.180 e. The van der Waals surface area contributed by atoms with Gasteiger partial charge in [0.1, 0.15) is 0 Å². The van der Waals surface area contributed by atoms with Gasteiger partial charge in [0.15, 0.2) is 29.5 Å². The van der Waals surface area contributed by atoms with E-state index in [0.717, 1.165) is 146 Å². The van der Waals surface area contributed by atoms with Crippen molar-refractivity contribution < 1.29 is 123 Å². The number of aromatic nitrogens is 15. The Morgan fingerprint density at radius 1 is 0.241 bits per heavy atom. The molecule has 0 fully saturated rings. The summed E-state index contributed by atoms with van der Waals surface area (Å²) >= 11 is 0. The second-order valence-electron chi connectivity index (χ2n) is 34.4. The predicted octanol–water partition coefficient (Wildman–Crippen LogP) is 28.3. The Morgan fingerprint density at radius 3 is 0.780 bits per heavy atom. The van der Waals surface area contributed by atoms with Crippen LogP contribution in [0.25, 0.3) is 174 Å². The number of nitrogens with zero attached hydrogens (tertiary/aromatic N) is 15. The fourth-order valence-corrected chi connectivity index (χ4v) is 18.4. The monoisotopic (exact) mass is 2750 g/mol. The Hall–Kier alpha value is -13.5.